The lowest BCUT2D eigenvalue weighted by atomic mass is 10.3. The van der Waals surface area contributed by atoms with Crippen LogP contribution in [0.1, 0.15) is 5.56 Å². The van der Waals surface area contributed by atoms with Gasteiger partial charge in [0.15, 0.2) is 0 Å². The van der Waals surface area contributed by atoms with Gasteiger partial charge in [-0.25, -0.2) is 9.78 Å². The molecule has 0 aliphatic carbocycles. The monoisotopic (exact) mass is 228 g/mol. The van der Waals surface area contributed by atoms with E-state index < -0.39 is 18.5 Å². The topological polar surface area (TPSA) is 101 Å². The van der Waals surface area contributed by atoms with Crippen molar-refractivity contribution in [1.29, 1.82) is 5.26 Å². The molecule has 0 atom stereocenters. The van der Waals surface area contributed by atoms with Gasteiger partial charge >= 0.3 is 12.6 Å². The first-order valence-corrected chi connectivity index (χ1v) is 3.94. The Hall–Kier alpha value is -2.43. The van der Waals surface area contributed by atoms with E-state index in [1.54, 1.807) is 6.07 Å². The number of carbonyl (C=O) groups excluding carboxylic acids is 1. The maximum absolute atomic E-state index is 11.9. The predicted octanol–water partition coefficient (Wildman–Crippen LogP) is 1.05. The highest BCUT2D eigenvalue weighted by Crippen LogP contribution is 2.20. The van der Waals surface area contributed by atoms with Crippen molar-refractivity contribution in [3.05, 3.63) is 17.8 Å². The number of alkyl halides is 2. The van der Waals surface area contributed by atoms with Crippen molar-refractivity contribution in [2.24, 2.45) is 5.73 Å². The molecule has 0 aliphatic heterocycles. The Morgan fingerprint density at radius 1 is 1.69 bits per heavy atom. The fourth-order valence-corrected chi connectivity index (χ4v) is 0.921. The second kappa shape index (κ2) is 4.88. The van der Waals surface area contributed by atoms with E-state index in [9.17, 15) is 13.6 Å². The highest BCUT2D eigenvalue weighted by atomic mass is 19.3. The first-order valence-electron chi connectivity index (χ1n) is 3.94. The van der Waals surface area contributed by atoms with E-state index in [0.717, 1.165) is 12.3 Å². The average molecular weight is 228 g/mol. The van der Waals surface area contributed by atoms with Crippen LogP contribution < -0.4 is 15.8 Å². The minimum Gasteiger partial charge on any atom is -0.415 e. The van der Waals surface area contributed by atoms with Gasteiger partial charge in [-0.3, -0.25) is 0 Å². The number of pyridine rings is 1. The third-order valence-electron chi connectivity index (χ3n) is 1.44. The Bertz CT molecular complexity index is 444. The molecule has 3 N–H and O–H groups in total. The molecule has 0 aliphatic rings. The molecule has 0 aromatic carbocycles. The van der Waals surface area contributed by atoms with Crippen molar-refractivity contribution in [3.63, 3.8) is 0 Å². The molecule has 2 amide bonds. The van der Waals surface area contributed by atoms with Gasteiger partial charge in [-0.05, 0) is 6.07 Å². The summed E-state index contributed by atoms with van der Waals surface area (Å²) in [5.41, 5.74) is 4.71. The number of halogens is 2. The minimum atomic E-state index is -3.07. The molecule has 0 bridgehead atoms. The number of rotatable bonds is 3. The van der Waals surface area contributed by atoms with Gasteiger partial charge in [0.1, 0.15) is 11.6 Å². The van der Waals surface area contributed by atoms with Gasteiger partial charge < -0.3 is 15.8 Å². The summed E-state index contributed by atoms with van der Waals surface area (Å²) in [7, 11) is 0. The minimum absolute atomic E-state index is 0.116. The van der Waals surface area contributed by atoms with Crippen LogP contribution in [-0.4, -0.2) is 17.6 Å². The molecule has 0 saturated carbocycles. The number of carbonyl (C=O) groups is 1. The summed E-state index contributed by atoms with van der Waals surface area (Å²) in [5, 5.41) is 10.8. The van der Waals surface area contributed by atoms with Gasteiger partial charge in [0.25, 0.3) is 0 Å². The zero-order chi connectivity index (χ0) is 12.1. The van der Waals surface area contributed by atoms with E-state index in [2.05, 4.69) is 15.0 Å². The molecule has 6 nitrogen and oxygen atoms in total. The van der Waals surface area contributed by atoms with Crippen molar-refractivity contribution in [2.45, 2.75) is 6.61 Å². The Labute approximate surface area is 88.6 Å². The van der Waals surface area contributed by atoms with E-state index in [-0.39, 0.29) is 11.3 Å². The predicted molar refractivity (Wildman–Crippen MR) is 48.8 cm³/mol. The molecule has 8 heteroatoms. The Kier molecular flexibility index (Phi) is 3.55. The molecule has 1 aromatic heterocycles. The summed E-state index contributed by atoms with van der Waals surface area (Å²) < 4.78 is 27.8. The van der Waals surface area contributed by atoms with E-state index in [1.165, 1.54) is 0 Å². The number of amides is 2. The number of nitrogens with one attached hydrogen (secondary N) is 1. The van der Waals surface area contributed by atoms with Gasteiger partial charge in [0.05, 0.1) is 11.9 Å². The quantitative estimate of drug-likeness (QED) is 0.806. The fraction of sp³-hybridized carbons (Fsp3) is 0.125. The second-order valence-electron chi connectivity index (χ2n) is 2.56. The van der Waals surface area contributed by atoms with Crippen molar-refractivity contribution in [2.75, 3.05) is 5.32 Å². The highest BCUT2D eigenvalue weighted by molar-refractivity contribution is 5.87. The Morgan fingerprint density at radius 2 is 2.38 bits per heavy atom. The molecule has 1 heterocycles. The number of anilines is 1. The number of hydrogen-bond donors (Lipinski definition) is 2. The Balaban J connectivity index is 2.98. The number of urea groups is 1. The van der Waals surface area contributed by atoms with Crippen LogP contribution in [0.25, 0.3) is 0 Å². The maximum Gasteiger partial charge on any atom is 0.388 e. The van der Waals surface area contributed by atoms with Crippen LogP contribution in [0.2, 0.25) is 0 Å². The lowest BCUT2D eigenvalue weighted by Crippen LogP contribution is -2.19. The summed E-state index contributed by atoms with van der Waals surface area (Å²) >= 11 is 0. The standard InChI is InChI=1S/C8H6F2N4O2/c9-7(10)16-6-4(2-11)1-5(3-13-6)14-8(12)15/h1,3,7H,(H3,12,14,15). The molecular weight excluding hydrogens is 222 g/mol. The molecule has 0 spiro atoms. The summed E-state index contributed by atoms with van der Waals surface area (Å²) in [4.78, 5) is 13.9. The number of nitrogens with two attached hydrogens (primary N) is 1. The molecule has 1 rings (SSSR count). The third kappa shape index (κ3) is 3.06. The molecule has 0 saturated heterocycles. The Morgan fingerprint density at radius 3 is 2.88 bits per heavy atom. The van der Waals surface area contributed by atoms with E-state index in [0.29, 0.717) is 0 Å². The number of nitrogens with zero attached hydrogens (tertiary/aromatic N) is 2. The highest BCUT2D eigenvalue weighted by Gasteiger charge is 2.12. The zero-order valence-corrected chi connectivity index (χ0v) is 7.78. The van der Waals surface area contributed by atoms with Crippen LogP contribution in [0.4, 0.5) is 19.3 Å². The van der Waals surface area contributed by atoms with Gasteiger partial charge in [0.2, 0.25) is 5.88 Å². The van der Waals surface area contributed by atoms with Gasteiger partial charge in [-0.15, -0.1) is 0 Å². The van der Waals surface area contributed by atoms with Crippen LogP contribution in [0.15, 0.2) is 12.3 Å². The van der Waals surface area contributed by atoms with Crippen LogP contribution in [0.5, 0.6) is 5.88 Å². The van der Waals surface area contributed by atoms with Crippen molar-refractivity contribution in [3.8, 4) is 11.9 Å². The average Bonchev–Trinajstić information content (AvgIpc) is 2.18. The number of aromatic nitrogens is 1. The van der Waals surface area contributed by atoms with Crippen molar-refractivity contribution < 1.29 is 18.3 Å². The largest absolute Gasteiger partial charge is 0.415 e. The SMILES string of the molecule is N#Cc1cc(NC(N)=O)cnc1OC(F)F. The van der Waals surface area contributed by atoms with Crippen LogP contribution in [-0.2, 0) is 0 Å². The number of primary amides is 1. The van der Waals surface area contributed by atoms with E-state index in [4.69, 9.17) is 11.0 Å². The summed E-state index contributed by atoms with van der Waals surface area (Å²) in [6, 6.07) is 1.87. The van der Waals surface area contributed by atoms with Gasteiger partial charge in [-0.2, -0.15) is 14.0 Å². The fourth-order valence-electron chi connectivity index (χ4n) is 0.921. The summed E-state index contributed by atoms with van der Waals surface area (Å²) in [6.45, 7) is -3.07. The molecule has 0 fully saturated rings. The van der Waals surface area contributed by atoms with Gasteiger partial charge in [-0.1, -0.05) is 0 Å². The lowest BCUT2D eigenvalue weighted by Gasteiger charge is -2.06. The molecule has 84 valence electrons. The molecular formula is C8H6F2N4O2. The molecule has 1 aromatic rings. The van der Waals surface area contributed by atoms with E-state index in [1.807, 2.05) is 0 Å². The van der Waals surface area contributed by atoms with Gasteiger partial charge in [0, 0.05) is 0 Å². The molecule has 0 radical (unpaired) electrons. The molecule has 0 unspecified atom stereocenters. The first-order chi connectivity index (χ1) is 7.52. The van der Waals surface area contributed by atoms with Crippen LogP contribution in [0, 0.1) is 11.3 Å². The molecule has 16 heavy (non-hydrogen) atoms. The number of nitriles is 1. The second-order valence-corrected chi connectivity index (χ2v) is 2.56. The van der Waals surface area contributed by atoms with E-state index >= 15 is 0 Å². The van der Waals surface area contributed by atoms with Crippen molar-refractivity contribution in [1.82, 2.24) is 4.98 Å². The van der Waals surface area contributed by atoms with Crippen molar-refractivity contribution >= 4 is 11.7 Å². The first kappa shape index (κ1) is 11.6. The maximum atomic E-state index is 11.9. The summed E-state index contributed by atoms with van der Waals surface area (Å²) in [6.07, 6.45) is 1.04. The van der Waals surface area contributed by atoms with Crippen LogP contribution in [0.3, 0.4) is 0 Å². The summed E-state index contributed by atoms with van der Waals surface area (Å²) in [5.74, 6) is -0.507. The number of ether oxygens (including phenoxy) is 1. The normalized spacial score (nSPS) is 9.62. The third-order valence-corrected chi connectivity index (χ3v) is 1.44. The zero-order valence-electron chi connectivity index (χ0n) is 7.78. The van der Waals surface area contributed by atoms with Crippen LogP contribution >= 0.6 is 0 Å². The number of hydrogen-bond acceptors (Lipinski definition) is 4. The smallest absolute Gasteiger partial charge is 0.388 e. The lowest BCUT2D eigenvalue weighted by molar-refractivity contribution is -0.0530.